The summed E-state index contributed by atoms with van der Waals surface area (Å²) in [7, 11) is -4.41. The molecule has 1 aromatic carbocycles. The van der Waals surface area contributed by atoms with E-state index in [0.717, 1.165) is 18.2 Å². The number of rotatable bonds is 4. The summed E-state index contributed by atoms with van der Waals surface area (Å²) in [5.41, 5.74) is -5.14. The Morgan fingerprint density at radius 1 is 1.13 bits per heavy atom. The van der Waals surface area contributed by atoms with Crippen LogP contribution in [0.1, 0.15) is 74.3 Å². The number of hydrogen-bond donors (Lipinski definition) is 0. The van der Waals surface area contributed by atoms with E-state index in [2.05, 4.69) is 11.6 Å². The standard InChI is InChI=1S/C26H36FN3O8S/c1-11-12-19-26(10,17-15-16(30(33)34)13-14-18(17)27)28-20(25(8,9)39(19,35)36)29(21(31)37-23(2,3)4)22(32)38-24(5,6)7/h11,13-15,19H,1,12H2,2-10H3/t19-,26+/m0/s1. The number of non-ortho nitro benzene ring substituents is 1. The Hall–Kier alpha value is -3.35. The molecule has 39 heavy (non-hydrogen) atoms. The molecular formula is C26H36FN3O8S. The third-order valence-corrected chi connectivity index (χ3v) is 9.05. The molecule has 0 saturated heterocycles. The SMILES string of the molecule is C=CC[C@H]1[C@@](C)(c2cc([N+](=O)[O-])ccc2F)N=C(N(C(=O)OC(C)(C)C)C(=O)OC(C)(C)C)C(C)(C)S1(=O)=O. The molecule has 11 nitrogen and oxygen atoms in total. The van der Waals surface area contributed by atoms with Crippen molar-refractivity contribution in [2.24, 2.45) is 4.99 Å². The molecule has 0 fully saturated rings. The number of aliphatic imine (C=N–C) groups is 1. The van der Waals surface area contributed by atoms with E-state index in [1.54, 1.807) is 41.5 Å². The molecule has 2 atom stereocenters. The third kappa shape index (κ3) is 6.29. The molecule has 2 rings (SSSR count). The fourth-order valence-corrected chi connectivity index (χ4v) is 6.43. The first kappa shape index (κ1) is 31.9. The first-order valence-electron chi connectivity index (χ1n) is 12.1. The summed E-state index contributed by atoms with van der Waals surface area (Å²) in [6.45, 7) is 16.7. The summed E-state index contributed by atoms with van der Waals surface area (Å²) >= 11 is 0. The first-order chi connectivity index (χ1) is 17.5. The van der Waals surface area contributed by atoms with Crippen molar-refractivity contribution < 1.29 is 36.8 Å². The topological polar surface area (TPSA) is 145 Å². The number of halogens is 1. The minimum atomic E-state index is -4.41. The zero-order valence-corrected chi connectivity index (χ0v) is 24.5. The van der Waals surface area contributed by atoms with Gasteiger partial charge in [-0.15, -0.1) is 6.58 Å². The van der Waals surface area contributed by atoms with E-state index >= 15 is 4.39 Å². The van der Waals surface area contributed by atoms with E-state index in [0.29, 0.717) is 4.90 Å². The van der Waals surface area contributed by atoms with Gasteiger partial charge in [0, 0.05) is 17.7 Å². The predicted octanol–water partition coefficient (Wildman–Crippen LogP) is 5.67. The molecular weight excluding hydrogens is 533 g/mol. The monoisotopic (exact) mass is 569 g/mol. The maximum Gasteiger partial charge on any atom is 0.425 e. The second-order valence-electron chi connectivity index (χ2n) is 11.9. The molecule has 0 radical (unpaired) electrons. The molecule has 2 amide bonds. The van der Waals surface area contributed by atoms with Gasteiger partial charge in [-0.1, -0.05) is 6.08 Å². The maximum absolute atomic E-state index is 15.3. The van der Waals surface area contributed by atoms with E-state index in [-0.39, 0.29) is 6.42 Å². The van der Waals surface area contributed by atoms with Crippen molar-refractivity contribution in [1.82, 2.24) is 4.90 Å². The Morgan fingerprint density at radius 2 is 1.62 bits per heavy atom. The summed E-state index contributed by atoms with van der Waals surface area (Å²) in [6.07, 6.45) is -1.42. The van der Waals surface area contributed by atoms with Crippen molar-refractivity contribution in [2.75, 3.05) is 0 Å². The molecule has 1 aromatic rings. The third-order valence-electron chi connectivity index (χ3n) is 6.04. The predicted molar refractivity (Wildman–Crippen MR) is 144 cm³/mol. The second-order valence-corrected chi connectivity index (χ2v) is 14.5. The van der Waals surface area contributed by atoms with Gasteiger partial charge in [-0.25, -0.2) is 22.4 Å². The van der Waals surface area contributed by atoms with Gasteiger partial charge in [0.05, 0.1) is 10.2 Å². The average molecular weight is 570 g/mol. The van der Waals surface area contributed by atoms with Crippen molar-refractivity contribution in [3.05, 3.63) is 52.3 Å². The molecule has 0 unspecified atom stereocenters. The highest BCUT2D eigenvalue weighted by Gasteiger charge is 2.60. The highest BCUT2D eigenvalue weighted by molar-refractivity contribution is 7.94. The van der Waals surface area contributed by atoms with E-state index in [9.17, 15) is 28.1 Å². The number of nitro groups is 1. The number of amides is 2. The molecule has 13 heteroatoms. The highest BCUT2D eigenvalue weighted by atomic mass is 32.2. The zero-order chi connectivity index (χ0) is 30.4. The van der Waals surface area contributed by atoms with Crippen molar-refractivity contribution in [1.29, 1.82) is 0 Å². The number of carbonyl (C=O) groups is 2. The Morgan fingerprint density at radius 3 is 2.03 bits per heavy atom. The lowest BCUT2D eigenvalue weighted by molar-refractivity contribution is -0.385. The van der Waals surface area contributed by atoms with Crippen LogP contribution in [-0.2, 0) is 24.8 Å². The largest absolute Gasteiger partial charge is 0.443 e. The second kappa shape index (κ2) is 10.3. The molecule has 0 spiro atoms. The van der Waals surface area contributed by atoms with E-state index < -0.39 is 76.6 Å². The number of nitrogens with zero attached hydrogens (tertiary/aromatic N) is 3. The number of imide groups is 1. The van der Waals surface area contributed by atoms with Gasteiger partial charge in [-0.3, -0.25) is 15.1 Å². The molecule has 216 valence electrons. The van der Waals surface area contributed by atoms with Crippen molar-refractivity contribution in [2.45, 2.75) is 95.5 Å². The van der Waals surface area contributed by atoms with Gasteiger partial charge in [-0.2, -0.15) is 4.90 Å². The summed E-state index contributed by atoms with van der Waals surface area (Å²) < 4.78 is 52.4. The Balaban J connectivity index is 3.04. The minimum absolute atomic E-state index is 0.208. The molecule has 1 aliphatic heterocycles. The van der Waals surface area contributed by atoms with Crippen molar-refractivity contribution >= 4 is 33.5 Å². The number of nitro benzene ring substituents is 1. The van der Waals surface area contributed by atoms with E-state index in [1.165, 1.54) is 26.8 Å². The number of amidine groups is 1. The van der Waals surface area contributed by atoms with Crippen LogP contribution in [0.2, 0.25) is 0 Å². The summed E-state index contributed by atoms with van der Waals surface area (Å²) in [5.74, 6) is -1.55. The van der Waals surface area contributed by atoms with Crippen LogP contribution in [0.15, 0.2) is 35.8 Å². The van der Waals surface area contributed by atoms with E-state index in [4.69, 9.17) is 9.47 Å². The molecule has 0 aliphatic carbocycles. The average Bonchev–Trinajstić information content (AvgIpc) is 2.73. The normalized spacial score (nSPS) is 22.3. The Bertz CT molecular complexity index is 1300. The number of hydrogen-bond acceptors (Lipinski definition) is 9. The van der Waals surface area contributed by atoms with Crippen LogP contribution in [0.3, 0.4) is 0 Å². The summed E-state index contributed by atoms with van der Waals surface area (Å²) in [4.78, 5) is 42.5. The summed E-state index contributed by atoms with van der Waals surface area (Å²) in [6, 6.07) is 2.67. The van der Waals surface area contributed by atoms with Crippen LogP contribution < -0.4 is 0 Å². The lowest BCUT2D eigenvalue weighted by Crippen LogP contribution is -2.64. The maximum atomic E-state index is 15.3. The van der Waals surface area contributed by atoms with Gasteiger partial charge >= 0.3 is 12.2 Å². The quantitative estimate of drug-likeness (QED) is 0.256. The van der Waals surface area contributed by atoms with Gasteiger partial charge < -0.3 is 9.47 Å². The number of ether oxygens (including phenoxy) is 2. The van der Waals surface area contributed by atoms with Crippen molar-refractivity contribution in [3.63, 3.8) is 0 Å². The van der Waals surface area contributed by atoms with Crippen LogP contribution in [-0.4, -0.2) is 57.5 Å². The molecule has 0 N–H and O–H groups in total. The number of sulfone groups is 1. The summed E-state index contributed by atoms with van der Waals surface area (Å²) in [5, 5.41) is 10.0. The van der Waals surface area contributed by atoms with E-state index in [1.807, 2.05) is 0 Å². The van der Waals surface area contributed by atoms with Crippen LogP contribution in [0, 0.1) is 15.9 Å². The van der Waals surface area contributed by atoms with Gasteiger partial charge in [0.15, 0.2) is 9.84 Å². The van der Waals surface area contributed by atoms with Gasteiger partial charge in [0.2, 0.25) is 0 Å². The van der Waals surface area contributed by atoms with Crippen LogP contribution in [0.5, 0.6) is 0 Å². The zero-order valence-electron chi connectivity index (χ0n) is 23.7. The fourth-order valence-electron chi connectivity index (χ4n) is 4.15. The lowest BCUT2D eigenvalue weighted by Gasteiger charge is -2.46. The lowest BCUT2D eigenvalue weighted by atomic mass is 9.85. The van der Waals surface area contributed by atoms with Crippen LogP contribution in [0.4, 0.5) is 19.7 Å². The highest BCUT2D eigenvalue weighted by Crippen LogP contribution is 2.47. The minimum Gasteiger partial charge on any atom is -0.443 e. The molecule has 1 heterocycles. The molecule has 0 aromatic heterocycles. The van der Waals surface area contributed by atoms with Gasteiger partial charge in [-0.05, 0) is 74.8 Å². The number of allylic oxidation sites excluding steroid dienone is 1. The Labute approximate surface area is 228 Å². The molecule has 1 aliphatic rings. The molecule has 0 saturated carbocycles. The van der Waals surface area contributed by atoms with Crippen molar-refractivity contribution in [3.8, 4) is 0 Å². The fraction of sp³-hybridized carbons (Fsp3) is 0.577. The smallest absolute Gasteiger partial charge is 0.425 e. The number of carbonyl (C=O) groups excluding carboxylic acids is 2. The first-order valence-corrected chi connectivity index (χ1v) is 13.7. The Kier molecular flexibility index (Phi) is 8.43. The van der Waals surface area contributed by atoms with Gasteiger partial charge in [0.25, 0.3) is 5.69 Å². The molecule has 0 bridgehead atoms. The van der Waals surface area contributed by atoms with Crippen LogP contribution in [0.25, 0.3) is 0 Å². The van der Waals surface area contributed by atoms with Crippen LogP contribution >= 0.6 is 0 Å². The number of benzene rings is 1. The van der Waals surface area contributed by atoms with Gasteiger partial charge in [0.1, 0.15) is 33.1 Å².